The summed E-state index contributed by atoms with van der Waals surface area (Å²) in [6, 6.07) is 3.05. The van der Waals surface area contributed by atoms with Crippen molar-refractivity contribution >= 4 is 44.9 Å². The van der Waals surface area contributed by atoms with Gasteiger partial charge in [0.1, 0.15) is 29.0 Å². The number of ether oxygens (including phenoxy) is 1. The van der Waals surface area contributed by atoms with Crippen molar-refractivity contribution < 1.29 is 14.3 Å². The molecule has 0 radical (unpaired) electrons. The third-order valence-electron chi connectivity index (χ3n) is 5.20. The predicted octanol–water partition coefficient (Wildman–Crippen LogP) is 3.15. The molecule has 0 saturated heterocycles. The summed E-state index contributed by atoms with van der Waals surface area (Å²) >= 11 is 1.48. The number of aromatic nitrogens is 3. The normalized spacial score (nSPS) is 17.6. The zero-order valence-corrected chi connectivity index (χ0v) is 19.7. The topological polar surface area (TPSA) is 141 Å². The number of carbonyl (C=O) groups excluding carboxylic acids is 2. The predicted molar refractivity (Wildman–Crippen MR) is 126 cm³/mol. The highest BCUT2D eigenvalue weighted by molar-refractivity contribution is 7.19. The SMILES string of the molecule is C[C@@H]1C[C@@H](C(=O)NCc2cc3cnc(NC(=O)OC(C)(C)C)cc3s2)n2c1ncc(N)c2=O. The maximum Gasteiger partial charge on any atom is 0.413 e. The molecule has 0 aromatic carbocycles. The van der Waals surface area contributed by atoms with Crippen LogP contribution in [0.2, 0.25) is 0 Å². The van der Waals surface area contributed by atoms with Gasteiger partial charge in [0.15, 0.2) is 0 Å². The van der Waals surface area contributed by atoms with Gasteiger partial charge in [-0.15, -0.1) is 11.3 Å². The summed E-state index contributed by atoms with van der Waals surface area (Å²) in [7, 11) is 0. The summed E-state index contributed by atoms with van der Waals surface area (Å²) in [4.78, 5) is 46.7. The lowest BCUT2D eigenvalue weighted by atomic mass is 10.1. The Morgan fingerprint density at radius 3 is 2.76 bits per heavy atom. The van der Waals surface area contributed by atoms with Crippen LogP contribution in [-0.2, 0) is 16.1 Å². The molecule has 2 amide bonds. The maximum absolute atomic E-state index is 12.9. The van der Waals surface area contributed by atoms with Crippen LogP contribution in [-0.4, -0.2) is 32.1 Å². The van der Waals surface area contributed by atoms with E-state index in [-0.39, 0.29) is 23.1 Å². The second-order valence-corrected chi connectivity index (χ2v) is 10.2. The molecule has 0 bridgehead atoms. The number of nitrogens with one attached hydrogen (secondary N) is 2. The minimum absolute atomic E-state index is 0.0136. The third kappa shape index (κ3) is 4.82. The quantitative estimate of drug-likeness (QED) is 0.532. The molecule has 0 spiro atoms. The number of amides is 2. The van der Waals surface area contributed by atoms with Crippen molar-refractivity contribution in [3.8, 4) is 0 Å². The van der Waals surface area contributed by atoms with Gasteiger partial charge in [-0.05, 0) is 39.3 Å². The highest BCUT2D eigenvalue weighted by Gasteiger charge is 2.35. The zero-order chi connectivity index (χ0) is 23.9. The molecule has 3 aromatic rings. The van der Waals surface area contributed by atoms with Crippen molar-refractivity contribution in [1.29, 1.82) is 0 Å². The maximum atomic E-state index is 12.9. The summed E-state index contributed by atoms with van der Waals surface area (Å²) in [5.41, 5.74) is 4.75. The molecule has 1 aliphatic heterocycles. The number of fused-ring (bicyclic) bond motifs is 2. The number of carbonyl (C=O) groups is 2. The van der Waals surface area contributed by atoms with E-state index in [1.165, 1.54) is 22.1 Å². The summed E-state index contributed by atoms with van der Waals surface area (Å²) in [5.74, 6) is 0.695. The van der Waals surface area contributed by atoms with Crippen LogP contribution in [0.1, 0.15) is 56.8 Å². The van der Waals surface area contributed by atoms with Gasteiger partial charge in [0.25, 0.3) is 5.56 Å². The van der Waals surface area contributed by atoms with Gasteiger partial charge in [0.2, 0.25) is 5.91 Å². The summed E-state index contributed by atoms with van der Waals surface area (Å²) in [5, 5.41) is 6.44. The van der Waals surface area contributed by atoms with Gasteiger partial charge in [-0.3, -0.25) is 19.5 Å². The van der Waals surface area contributed by atoms with Crippen molar-refractivity contribution in [3.05, 3.63) is 45.6 Å². The first-order valence-electron chi connectivity index (χ1n) is 10.5. The number of nitrogen functional groups attached to an aromatic ring is 1. The third-order valence-corrected chi connectivity index (χ3v) is 6.30. The van der Waals surface area contributed by atoms with Crippen LogP contribution in [0, 0.1) is 0 Å². The van der Waals surface area contributed by atoms with Crippen LogP contribution in [0.15, 0.2) is 29.3 Å². The van der Waals surface area contributed by atoms with Crippen molar-refractivity contribution in [1.82, 2.24) is 19.9 Å². The van der Waals surface area contributed by atoms with E-state index in [4.69, 9.17) is 10.5 Å². The van der Waals surface area contributed by atoms with E-state index < -0.39 is 17.7 Å². The van der Waals surface area contributed by atoms with Crippen LogP contribution in [0.5, 0.6) is 0 Å². The summed E-state index contributed by atoms with van der Waals surface area (Å²) < 4.78 is 7.56. The number of nitrogens with two attached hydrogens (primary N) is 1. The molecule has 4 N–H and O–H groups in total. The molecule has 174 valence electrons. The molecule has 4 heterocycles. The molecular formula is C22H26N6O4S. The highest BCUT2D eigenvalue weighted by atomic mass is 32.1. The van der Waals surface area contributed by atoms with E-state index in [2.05, 4.69) is 20.6 Å². The van der Waals surface area contributed by atoms with E-state index >= 15 is 0 Å². The van der Waals surface area contributed by atoms with Crippen molar-refractivity contribution in [2.45, 2.75) is 58.2 Å². The van der Waals surface area contributed by atoms with E-state index in [1.54, 1.807) is 33.0 Å². The molecule has 4 rings (SSSR count). The second kappa shape index (κ2) is 8.47. The van der Waals surface area contributed by atoms with Crippen molar-refractivity contribution in [3.63, 3.8) is 0 Å². The standard InChI is InChI=1S/C22H26N6O4S/c1-11-5-15(28-18(11)25-10-14(23)20(28)30)19(29)26-9-13-6-12-8-24-17(7-16(12)33-13)27-21(31)32-22(2,3)4/h6-8,10-11,15H,5,9,23H2,1-4H3,(H,26,29)(H,24,27,31)/t11-,15+/m1/s1. The largest absolute Gasteiger partial charge is 0.444 e. The monoisotopic (exact) mass is 470 g/mol. The Balaban J connectivity index is 1.44. The smallest absolute Gasteiger partial charge is 0.413 e. The lowest BCUT2D eigenvalue weighted by Crippen LogP contribution is -2.36. The van der Waals surface area contributed by atoms with Gasteiger partial charge in [0.05, 0.1) is 12.7 Å². The van der Waals surface area contributed by atoms with Gasteiger partial charge < -0.3 is 15.8 Å². The van der Waals surface area contributed by atoms with Crippen LogP contribution >= 0.6 is 11.3 Å². The van der Waals surface area contributed by atoms with E-state index in [0.29, 0.717) is 24.6 Å². The first kappa shape index (κ1) is 22.7. The lowest BCUT2D eigenvalue weighted by molar-refractivity contribution is -0.124. The van der Waals surface area contributed by atoms with E-state index in [0.717, 1.165) is 15.0 Å². The Hall–Kier alpha value is -3.47. The van der Waals surface area contributed by atoms with E-state index in [9.17, 15) is 14.4 Å². The Kier molecular flexibility index (Phi) is 5.83. The van der Waals surface area contributed by atoms with Crippen LogP contribution in [0.4, 0.5) is 16.3 Å². The van der Waals surface area contributed by atoms with Crippen molar-refractivity contribution in [2.75, 3.05) is 11.1 Å². The van der Waals surface area contributed by atoms with Gasteiger partial charge in [0, 0.05) is 27.1 Å². The molecule has 0 aliphatic carbocycles. The van der Waals surface area contributed by atoms with Crippen LogP contribution < -0.4 is 21.9 Å². The molecule has 3 aromatic heterocycles. The van der Waals surface area contributed by atoms with Gasteiger partial charge >= 0.3 is 6.09 Å². The minimum atomic E-state index is -0.640. The summed E-state index contributed by atoms with van der Waals surface area (Å²) in [6.07, 6.45) is 2.93. The number of thiophene rings is 1. The average molecular weight is 471 g/mol. The first-order valence-corrected chi connectivity index (χ1v) is 11.4. The molecule has 10 nitrogen and oxygen atoms in total. The number of hydrogen-bond donors (Lipinski definition) is 3. The lowest BCUT2D eigenvalue weighted by Gasteiger charge is -2.19. The Morgan fingerprint density at radius 1 is 1.27 bits per heavy atom. The Morgan fingerprint density at radius 2 is 2.03 bits per heavy atom. The molecule has 0 unspecified atom stereocenters. The summed E-state index contributed by atoms with van der Waals surface area (Å²) in [6.45, 7) is 7.60. The fourth-order valence-corrected chi connectivity index (χ4v) is 4.79. The fraction of sp³-hybridized carbons (Fsp3) is 0.409. The van der Waals surface area contributed by atoms with Gasteiger partial charge in [-0.1, -0.05) is 6.92 Å². The molecule has 2 atom stereocenters. The van der Waals surface area contributed by atoms with Crippen LogP contribution in [0.25, 0.3) is 10.1 Å². The van der Waals surface area contributed by atoms with Gasteiger partial charge in [-0.2, -0.15) is 0 Å². The number of rotatable bonds is 4. The molecule has 0 saturated carbocycles. The van der Waals surface area contributed by atoms with Gasteiger partial charge in [-0.25, -0.2) is 14.8 Å². The number of hydrogen-bond acceptors (Lipinski definition) is 8. The second-order valence-electron chi connectivity index (χ2n) is 9.06. The zero-order valence-electron chi connectivity index (χ0n) is 18.8. The Bertz CT molecular complexity index is 1290. The van der Waals surface area contributed by atoms with Crippen molar-refractivity contribution in [2.24, 2.45) is 0 Å². The highest BCUT2D eigenvalue weighted by Crippen LogP contribution is 2.33. The Labute approximate surface area is 194 Å². The molecular weight excluding hydrogens is 444 g/mol. The first-order chi connectivity index (χ1) is 15.5. The number of pyridine rings is 1. The average Bonchev–Trinajstić information content (AvgIpc) is 3.28. The molecule has 0 fully saturated rings. The fourth-order valence-electron chi connectivity index (χ4n) is 3.78. The molecule has 33 heavy (non-hydrogen) atoms. The molecule has 11 heteroatoms. The number of nitrogens with zero attached hydrogens (tertiary/aromatic N) is 3. The minimum Gasteiger partial charge on any atom is -0.444 e. The number of anilines is 2. The van der Waals surface area contributed by atoms with E-state index in [1.807, 2.05) is 13.0 Å². The van der Waals surface area contributed by atoms with Crippen LogP contribution in [0.3, 0.4) is 0 Å². The molecule has 1 aliphatic rings.